The summed E-state index contributed by atoms with van der Waals surface area (Å²) in [6.07, 6.45) is 9.57. The predicted molar refractivity (Wildman–Crippen MR) is 114 cm³/mol. The molecule has 3 aromatic rings. The molecule has 0 aliphatic heterocycles. The average molecular weight is 542 g/mol. The fourth-order valence-corrected chi connectivity index (χ4v) is 3.65. The number of aryl methyl sites for hydroxylation is 1. The van der Waals surface area contributed by atoms with Gasteiger partial charge in [-0.1, -0.05) is 6.07 Å². The number of ketones is 1. The van der Waals surface area contributed by atoms with Crippen molar-refractivity contribution >= 4 is 44.3 Å². The fourth-order valence-electron chi connectivity index (χ4n) is 2.86. The maximum Gasteiger partial charge on any atom is 0.163 e. The van der Waals surface area contributed by atoms with Crippen LogP contribution in [0, 0.1) is 9.39 Å². The van der Waals surface area contributed by atoms with E-state index in [0.29, 0.717) is 28.6 Å². The number of nitrogens with zero attached hydrogens (tertiary/aromatic N) is 3. The summed E-state index contributed by atoms with van der Waals surface area (Å²) in [6, 6.07) is 6.86. The maximum absolute atomic E-state index is 14.2. The van der Waals surface area contributed by atoms with E-state index in [-0.39, 0.29) is 11.6 Å². The van der Waals surface area contributed by atoms with Crippen LogP contribution in [0.15, 0.2) is 53.8 Å². The highest BCUT2D eigenvalue weighted by Crippen LogP contribution is 2.22. The molecule has 0 atom stereocenters. The highest BCUT2D eigenvalue weighted by atomic mass is 127. The lowest BCUT2D eigenvalue weighted by molar-refractivity contribution is 0.0978. The third-order valence-electron chi connectivity index (χ3n) is 4.28. The molecule has 0 aliphatic rings. The maximum atomic E-state index is 14.2. The van der Waals surface area contributed by atoms with Gasteiger partial charge in [-0.05, 0) is 80.7 Å². The van der Waals surface area contributed by atoms with Crippen molar-refractivity contribution in [2.24, 2.45) is 0 Å². The monoisotopic (exact) mass is 541 g/mol. The van der Waals surface area contributed by atoms with E-state index in [1.165, 1.54) is 6.07 Å². The number of rotatable bonds is 8. The highest BCUT2D eigenvalue weighted by molar-refractivity contribution is 14.1. The minimum atomic E-state index is -0.261. The number of hydrogen-bond acceptors (Lipinski definition) is 3. The smallest absolute Gasteiger partial charge is 0.163 e. The van der Waals surface area contributed by atoms with Crippen LogP contribution >= 0.6 is 38.5 Å². The van der Waals surface area contributed by atoms with Crippen LogP contribution in [0.2, 0.25) is 0 Å². The van der Waals surface area contributed by atoms with Crippen molar-refractivity contribution in [3.63, 3.8) is 0 Å². The minimum Gasteiger partial charge on any atom is -0.337 e. The molecule has 2 aromatic heterocycles. The van der Waals surface area contributed by atoms with Gasteiger partial charge in [0, 0.05) is 47.1 Å². The Morgan fingerprint density at radius 1 is 1.22 bits per heavy atom. The van der Waals surface area contributed by atoms with Gasteiger partial charge in [0.15, 0.2) is 5.78 Å². The molecule has 0 radical (unpaired) electrons. The Morgan fingerprint density at radius 2 is 2.07 bits per heavy atom. The zero-order valence-electron chi connectivity index (χ0n) is 14.5. The second-order valence-electron chi connectivity index (χ2n) is 6.26. The van der Waals surface area contributed by atoms with E-state index in [4.69, 9.17) is 0 Å². The Morgan fingerprint density at radius 3 is 2.81 bits per heavy atom. The SMILES string of the molecule is O=C(CCCCn1ccnc1)c1cc(Br)ncc1Cc1ccc(I)cc1F. The molecular weight excluding hydrogens is 524 g/mol. The van der Waals surface area contributed by atoms with E-state index >= 15 is 0 Å². The molecular formula is C20H18BrFIN3O. The lowest BCUT2D eigenvalue weighted by atomic mass is 9.97. The summed E-state index contributed by atoms with van der Waals surface area (Å²) in [6.45, 7) is 0.841. The molecule has 0 aliphatic carbocycles. The zero-order valence-corrected chi connectivity index (χ0v) is 18.3. The van der Waals surface area contributed by atoms with Gasteiger partial charge in [-0.2, -0.15) is 0 Å². The van der Waals surface area contributed by atoms with Crippen molar-refractivity contribution < 1.29 is 9.18 Å². The van der Waals surface area contributed by atoms with Crippen molar-refractivity contribution in [1.29, 1.82) is 0 Å². The first-order valence-electron chi connectivity index (χ1n) is 8.60. The molecule has 140 valence electrons. The number of unbranched alkanes of at least 4 members (excludes halogenated alkanes) is 1. The molecule has 2 heterocycles. The van der Waals surface area contributed by atoms with Crippen molar-refractivity contribution in [3.8, 4) is 0 Å². The van der Waals surface area contributed by atoms with Gasteiger partial charge >= 0.3 is 0 Å². The highest BCUT2D eigenvalue weighted by Gasteiger charge is 2.15. The normalized spacial score (nSPS) is 10.9. The zero-order chi connectivity index (χ0) is 19.2. The van der Waals surface area contributed by atoms with E-state index in [9.17, 15) is 9.18 Å². The van der Waals surface area contributed by atoms with Crippen molar-refractivity contribution in [2.45, 2.75) is 32.2 Å². The Balaban J connectivity index is 1.68. The lowest BCUT2D eigenvalue weighted by Gasteiger charge is -2.10. The molecule has 0 spiro atoms. The summed E-state index contributed by atoms with van der Waals surface area (Å²) in [5, 5.41) is 0. The summed E-state index contributed by atoms with van der Waals surface area (Å²) in [4.78, 5) is 21.0. The fraction of sp³-hybridized carbons (Fsp3) is 0.250. The Bertz CT molecular complexity index is 931. The van der Waals surface area contributed by atoms with Gasteiger partial charge in [0.1, 0.15) is 10.4 Å². The molecule has 0 unspecified atom stereocenters. The molecule has 4 nitrogen and oxygen atoms in total. The van der Waals surface area contributed by atoms with E-state index in [2.05, 4.69) is 48.5 Å². The van der Waals surface area contributed by atoms with Gasteiger partial charge in [0.25, 0.3) is 0 Å². The van der Waals surface area contributed by atoms with Crippen molar-refractivity contribution in [3.05, 3.63) is 79.9 Å². The Labute approximate surface area is 179 Å². The van der Waals surface area contributed by atoms with E-state index in [1.807, 2.05) is 16.8 Å². The summed E-state index contributed by atoms with van der Waals surface area (Å²) < 4.78 is 17.7. The quantitative estimate of drug-likeness (QED) is 0.165. The predicted octanol–water partition coefficient (Wildman–Crippen LogP) is 5.43. The molecule has 1 aromatic carbocycles. The largest absolute Gasteiger partial charge is 0.337 e. The first-order valence-corrected chi connectivity index (χ1v) is 10.5. The van der Waals surface area contributed by atoms with Gasteiger partial charge in [-0.25, -0.2) is 14.4 Å². The van der Waals surface area contributed by atoms with E-state index in [1.54, 1.807) is 30.9 Å². The third-order valence-corrected chi connectivity index (χ3v) is 5.38. The van der Waals surface area contributed by atoms with Crippen molar-refractivity contribution in [1.82, 2.24) is 14.5 Å². The van der Waals surface area contributed by atoms with Crippen LogP contribution in [0.3, 0.4) is 0 Å². The molecule has 0 saturated heterocycles. The summed E-state index contributed by atoms with van der Waals surface area (Å²) in [5.74, 6) is -0.201. The molecule has 0 bridgehead atoms. The second kappa shape index (κ2) is 9.54. The van der Waals surface area contributed by atoms with Gasteiger partial charge in [-0.3, -0.25) is 4.79 Å². The Hall–Kier alpha value is -1.61. The number of halogens is 3. The lowest BCUT2D eigenvalue weighted by Crippen LogP contribution is -2.07. The number of imidazole rings is 1. The van der Waals surface area contributed by atoms with E-state index in [0.717, 1.165) is 28.5 Å². The molecule has 0 amide bonds. The second-order valence-corrected chi connectivity index (χ2v) is 8.32. The topological polar surface area (TPSA) is 47.8 Å². The van der Waals surface area contributed by atoms with Crippen LogP contribution in [0.1, 0.15) is 40.7 Å². The molecule has 0 saturated carbocycles. The van der Waals surface area contributed by atoms with Crippen LogP contribution in [0.5, 0.6) is 0 Å². The first kappa shape index (κ1) is 20.1. The number of carbonyl (C=O) groups is 1. The molecule has 27 heavy (non-hydrogen) atoms. The number of Topliss-reactive ketones (excluding diaryl/α,β-unsaturated/α-hetero) is 1. The minimum absolute atomic E-state index is 0.0599. The van der Waals surface area contributed by atoms with Crippen LogP contribution < -0.4 is 0 Å². The molecule has 0 fully saturated rings. The van der Waals surface area contributed by atoms with Crippen LogP contribution in [0.25, 0.3) is 0 Å². The van der Waals surface area contributed by atoms with Gasteiger partial charge in [-0.15, -0.1) is 0 Å². The van der Waals surface area contributed by atoms with Crippen molar-refractivity contribution in [2.75, 3.05) is 0 Å². The number of benzene rings is 1. The number of aromatic nitrogens is 3. The first-order chi connectivity index (χ1) is 13.0. The third kappa shape index (κ3) is 5.68. The number of carbonyl (C=O) groups excluding carboxylic acids is 1. The van der Waals surface area contributed by atoms with Gasteiger partial charge in [0.05, 0.1) is 6.33 Å². The van der Waals surface area contributed by atoms with Gasteiger partial charge < -0.3 is 4.57 Å². The standard InChI is InChI=1S/C20H18BrFIN3O/c21-20-11-17(19(27)3-1-2-7-26-8-6-24-13-26)15(12-25-20)9-14-4-5-16(23)10-18(14)22/h4-6,8,10-13H,1-3,7,9H2. The van der Waals surface area contributed by atoms with Crippen LogP contribution in [0.4, 0.5) is 4.39 Å². The molecule has 0 N–H and O–H groups in total. The van der Waals surface area contributed by atoms with Gasteiger partial charge in [0.2, 0.25) is 0 Å². The van der Waals surface area contributed by atoms with Crippen LogP contribution in [-0.4, -0.2) is 20.3 Å². The molecule has 7 heteroatoms. The van der Waals surface area contributed by atoms with Crippen LogP contribution in [-0.2, 0) is 13.0 Å². The number of hydrogen-bond donors (Lipinski definition) is 0. The van der Waals surface area contributed by atoms with E-state index < -0.39 is 0 Å². The summed E-state index contributed by atoms with van der Waals surface area (Å²) in [7, 11) is 0. The molecule has 3 rings (SSSR count). The average Bonchev–Trinajstić information content (AvgIpc) is 3.15. The number of pyridine rings is 1. The summed E-state index contributed by atoms with van der Waals surface area (Å²) >= 11 is 5.41. The summed E-state index contributed by atoms with van der Waals surface area (Å²) in [5.41, 5.74) is 1.92. The Kier molecular flexibility index (Phi) is 7.12.